The zero-order chi connectivity index (χ0) is 14.9. The molecule has 1 unspecified atom stereocenters. The summed E-state index contributed by atoms with van der Waals surface area (Å²) in [5.74, 6) is -0.0165. The first-order valence-corrected chi connectivity index (χ1v) is 6.79. The van der Waals surface area contributed by atoms with Crippen LogP contribution in [0.1, 0.15) is 30.8 Å². The van der Waals surface area contributed by atoms with Gasteiger partial charge in [0.2, 0.25) is 0 Å². The van der Waals surface area contributed by atoms with E-state index in [1.165, 1.54) is 0 Å². The highest BCUT2D eigenvalue weighted by Gasteiger charge is 2.23. The Labute approximate surface area is 118 Å². The van der Waals surface area contributed by atoms with Crippen LogP contribution in [-0.2, 0) is 11.3 Å². The number of nitrogens with zero attached hydrogens (tertiary/aromatic N) is 3. The van der Waals surface area contributed by atoms with E-state index in [2.05, 4.69) is 4.98 Å². The third-order valence-electron chi connectivity index (χ3n) is 3.36. The highest BCUT2D eigenvalue weighted by Crippen LogP contribution is 2.25. The fourth-order valence-electron chi connectivity index (χ4n) is 2.47. The van der Waals surface area contributed by atoms with E-state index in [1.54, 1.807) is 0 Å². The molecule has 0 aliphatic rings. The summed E-state index contributed by atoms with van der Waals surface area (Å²) in [6.45, 7) is 4.52. The Morgan fingerprint density at radius 2 is 2.15 bits per heavy atom. The molecule has 0 aliphatic carbocycles. The quantitative estimate of drug-likeness (QED) is 0.910. The lowest BCUT2D eigenvalue weighted by atomic mass is 10.2. The molecule has 0 fully saturated rings. The monoisotopic (exact) mass is 275 g/mol. The largest absolute Gasteiger partial charge is 0.480 e. The van der Waals surface area contributed by atoms with Gasteiger partial charge in [0, 0.05) is 0 Å². The Balaban J connectivity index is 2.66. The van der Waals surface area contributed by atoms with Gasteiger partial charge in [-0.2, -0.15) is 0 Å². The van der Waals surface area contributed by atoms with E-state index < -0.39 is 12.0 Å². The first kappa shape index (κ1) is 14.5. The van der Waals surface area contributed by atoms with Crippen LogP contribution in [0.5, 0.6) is 0 Å². The van der Waals surface area contributed by atoms with Gasteiger partial charge in [-0.05, 0) is 45.1 Å². The third kappa shape index (κ3) is 2.67. The number of imidazole rings is 1. The summed E-state index contributed by atoms with van der Waals surface area (Å²) >= 11 is 0. The second-order valence-corrected chi connectivity index (χ2v) is 5.39. The van der Waals surface area contributed by atoms with E-state index in [0.717, 1.165) is 22.4 Å². The maximum atomic E-state index is 11.5. The topological polar surface area (TPSA) is 58.4 Å². The van der Waals surface area contributed by atoms with Crippen molar-refractivity contribution in [3.63, 3.8) is 0 Å². The molecule has 0 radical (unpaired) electrons. The van der Waals surface area contributed by atoms with Gasteiger partial charge < -0.3 is 14.6 Å². The van der Waals surface area contributed by atoms with Gasteiger partial charge in [-0.25, -0.2) is 9.78 Å². The molecule has 0 bridgehead atoms. The molecule has 1 aromatic heterocycles. The summed E-state index contributed by atoms with van der Waals surface area (Å²) in [4.78, 5) is 18.1. The van der Waals surface area contributed by atoms with Crippen molar-refractivity contribution in [1.82, 2.24) is 14.5 Å². The third-order valence-corrected chi connectivity index (χ3v) is 3.36. The highest BCUT2D eigenvalue weighted by molar-refractivity contribution is 5.81. The molecule has 2 aromatic rings. The molecule has 0 saturated heterocycles. The number of aryl methyl sites for hydroxylation is 1. The number of hydrogen-bond acceptors (Lipinski definition) is 3. The van der Waals surface area contributed by atoms with Crippen LogP contribution in [0.4, 0.5) is 0 Å². The molecule has 2 rings (SSSR count). The number of hydrogen-bond donors (Lipinski definition) is 1. The Morgan fingerprint density at radius 3 is 2.70 bits per heavy atom. The minimum absolute atomic E-state index is 0.537. The molecule has 5 heteroatoms. The molecule has 1 N–H and O–H groups in total. The predicted octanol–water partition coefficient (Wildman–Crippen LogP) is 2.44. The fourth-order valence-corrected chi connectivity index (χ4v) is 2.47. The summed E-state index contributed by atoms with van der Waals surface area (Å²) in [7, 11) is 3.91. The minimum atomic E-state index is -0.813. The zero-order valence-electron chi connectivity index (χ0n) is 12.4. The Morgan fingerprint density at radius 1 is 1.45 bits per heavy atom. The SMILES string of the molecule is CCC(C(=O)O)n1c(CN(C)C)nc2cc(C)ccc21. The molecule has 1 atom stereocenters. The lowest BCUT2D eigenvalue weighted by molar-refractivity contribution is -0.141. The number of carboxylic acid groups (broad SMARTS) is 1. The molecule has 0 aliphatic heterocycles. The number of benzene rings is 1. The van der Waals surface area contributed by atoms with Crippen molar-refractivity contribution >= 4 is 17.0 Å². The van der Waals surface area contributed by atoms with Crippen molar-refractivity contribution in [3.05, 3.63) is 29.6 Å². The number of fused-ring (bicyclic) bond motifs is 1. The van der Waals surface area contributed by atoms with Gasteiger partial charge >= 0.3 is 5.97 Å². The second kappa shape index (κ2) is 5.63. The molecular formula is C15H21N3O2. The van der Waals surface area contributed by atoms with Gasteiger partial charge in [0.25, 0.3) is 0 Å². The smallest absolute Gasteiger partial charge is 0.326 e. The van der Waals surface area contributed by atoms with Crippen molar-refractivity contribution in [2.75, 3.05) is 14.1 Å². The van der Waals surface area contributed by atoms with Crippen LogP contribution < -0.4 is 0 Å². The first-order chi connectivity index (χ1) is 9.43. The van der Waals surface area contributed by atoms with Crippen molar-refractivity contribution < 1.29 is 9.90 Å². The van der Waals surface area contributed by atoms with E-state index in [0.29, 0.717) is 13.0 Å². The summed E-state index contributed by atoms with van der Waals surface area (Å²) in [5.41, 5.74) is 2.88. The van der Waals surface area contributed by atoms with Crippen molar-refractivity contribution in [2.24, 2.45) is 0 Å². The van der Waals surface area contributed by atoms with Crippen LogP contribution in [0.2, 0.25) is 0 Å². The molecule has 108 valence electrons. The molecule has 0 amide bonds. The fraction of sp³-hybridized carbons (Fsp3) is 0.467. The van der Waals surface area contributed by atoms with E-state index in [4.69, 9.17) is 0 Å². The van der Waals surface area contributed by atoms with E-state index in [1.807, 2.05) is 55.6 Å². The Bertz CT molecular complexity index is 631. The second-order valence-electron chi connectivity index (χ2n) is 5.39. The molecule has 5 nitrogen and oxygen atoms in total. The Hall–Kier alpha value is -1.88. The van der Waals surface area contributed by atoms with Gasteiger partial charge in [0.1, 0.15) is 11.9 Å². The van der Waals surface area contributed by atoms with Gasteiger partial charge in [0.15, 0.2) is 0 Å². The summed E-state index contributed by atoms with van der Waals surface area (Å²) in [5, 5.41) is 9.46. The lowest BCUT2D eigenvalue weighted by Gasteiger charge is -2.18. The van der Waals surface area contributed by atoms with Crippen molar-refractivity contribution in [3.8, 4) is 0 Å². The van der Waals surface area contributed by atoms with Crippen LogP contribution >= 0.6 is 0 Å². The average molecular weight is 275 g/mol. The zero-order valence-corrected chi connectivity index (χ0v) is 12.4. The number of carbonyl (C=O) groups is 1. The van der Waals surface area contributed by atoms with E-state index >= 15 is 0 Å². The summed E-state index contributed by atoms with van der Waals surface area (Å²) in [6, 6.07) is 5.38. The molecule has 0 saturated carbocycles. The van der Waals surface area contributed by atoms with Crippen molar-refractivity contribution in [1.29, 1.82) is 0 Å². The first-order valence-electron chi connectivity index (χ1n) is 6.79. The van der Waals surface area contributed by atoms with Crippen LogP contribution in [0.25, 0.3) is 11.0 Å². The van der Waals surface area contributed by atoms with Gasteiger partial charge in [-0.1, -0.05) is 13.0 Å². The predicted molar refractivity (Wildman–Crippen MR) is 78.8 cm³/mol. The number of rotatable bonds is 5. The van der Waals surface area contributed by atoms with Crippen LogP contribution in [-0.4, -0.2) is 39.6 Å². The number of carboxylic acids is 1. The molecule has 0 spiro atoms. The van der Waals surface area contributed by atoms with Gasteiger partial charge in [-0.3, -0.25) is 0 Å². The van der Waals surface area contributed by atoms with Gasteiger partial charge in [-0.15, -0.1) is 0 Å². The molecule has 1 aromatic carbocycles. The van der Waals surface area contributed by atoms with E-state index in [9.17, 15) is 9.90 Å². The molecule has 20 heavy (non-hydrogen) atoms. The maximum Gasteiger partial charge on any atom is 0.326 e. The maximum absolute atomic E-state index is 11.5. The van der Waals surface area contributed by atoms with Crippen LogP contribution in [0.15, 0.2) is 18.2 Å². The summed E-state index contributed by atoms with van der Waals surface area (Å²) < 4.78 is 1.86. The Kier molecular flexibility index (Phi) is 4.09. The average Bonchev–Trinajstić information content (AvgIpc) is 2.66. The number of aliphatic carboxylic acids is 1. The highest BCUT2D eigenvalue weighted by atomic mass is 16.4. The summed E-state index contributed by atoms with van der Waals surface area (Å²) in [6.07, 6.45) is 0.537. The normalized spacial score (nSPS) is 13.1. The van der Waals surface area contributed by atoms with Crippen LogP contribution in [0, 0.1) is 6.92 Å². The van der Waals surface area contributed by atoms with Gasteiger partial charge in [0.05, 0.1) is 17.6 Å². The molecular weight excluding hydrogens is 254 g/mol. The van der Waals surface area contributed by atoms with Crippen molar-refractivity contribution in [2.45, 2.75) is 32.9 Å². The lowest BCUT2D eigenvalue weighted by Crippen LogP contribution is -2.23. The number of aromatic nitrogens is 2. The standard InChI is InChI=1S/C15H21N3O2/c1-5-12(15(19)20)18-13-7-6-10(2)8-11(13)16-14(18)9-17(3)4/h6-8,12H,5,9H2,1-4H3,(H,19,20). The van der Waals surface area contributed by atoms with Crippen LogP contribution in [0.3, 0.4) is 0 Å². The minimum Gasteiger partial charge on any atom is -0.480 e. The molecule has 1 heterocycles. The van der Waals surface area contributed by atoms with E-state index in [-0.39, 0.29) is 0 Å².